The van der Waals surface area contributed by atoms with E-state index in [0.717, 1.165) is 10.1 Å². The number of rotatable bonds is 1. The average Bonchev–Trinajstić information content (AvgIpc) is 2.59. The van der Waals surface area contributed by atoms with Crippen LogP contribution in [0.5, 0.6) is 0 Å². The van der Waals surface area contributed by atoms with E-state index in [1.807, 2.05) is 13.0 Å². The van der Waals surface area contributed by atoms with Crippen molar-refractivity contribution in [1.82, 2.24) is 9.55 Å². The van der Waals surface area contributed by atoms with Gasteiger partial charge < -0.3 is 0 Å². The highest BCUT2D eigenvalue weighted by Gasteiger charge is 2.28. The van der Waals surface area contributed by atoms with Gasteiger partial charge in [0, 0.05) is 6.42 Å². The van der Waals surface area contributed by atoms with Crippen LogP contribution in [0.15, 0.2) is 23.0 Å². The highest BCUT2D eigenvalue weighted by Crippen LogP contribution is 2.23. The first-order chi connectivity index (χ1) is 10.8. The number of fused-ring (bicyclic) bond motifs is 1. The first-order valence-electron chi connectivity index (χ1n) is 7.88. The summed E-state index contributed by atoms with van der Waals surface area (Å²) in [5, 5.41) is 0.394. The molecular formula is C17H18N2O3. The molecule has 0 radical (unpaired) electrons. The maximum Gasteiger partial charge on any atom is 0.262 e. The van der Waals surface area contributed by atoms with E-state index in [1.165, 1.54) is 0 Å². The molecule has 2 aromatic rings. The summed E-state index contributed by atoms with van der Waals surface area (Å²) in [6.45, 7) is 3.49. The summed E-state index contributed by atoms with van der Waals surface area (Å²) in [6.07, 6.45) is 0.560. The monoisotopic (exact) mass is 299 g/mol. The Balaban J connectivity index is 2.28. The van der Waals surface area contributed by atoms with Gasteiger partial charge in [0.25, 0.3) is 5.56 Å². The molecule has 1 atom stereocenters. The summed E-state index contributed by atoms with van der Waals surface area (Å²) in [7, 11) is 0. The van der Waals surface area contributed by atoms with Gasteiger partial charge in [0.1, 0.15) is 11.6 Å². The minimum absolute atomic E-state index is 0.150. The third kappa shape index (κ3) is 2.47. The molecule has 5 nitrogen and oxygen atoms in total. The molecule has 0 bridgehead atoms. The molecule has 5 heteroatoms. The number of nitrogens with zero attached hydrogens (tertiary/aromatic N) is 2. The van der Waals surface area contributed by atoms with Crippen molar-refractivity contribution in [2.45, 2.75) is 45.5 Å². The van der Waals surface area contributed by atoms with Gasteiger partial charge in [-0.1, -0.05) is 11.6 Å². The second kappa shape index (κ2) is 5.48. The van der Waals surface area contributed by atoms with E-state index in [-0.39, 0.29) is 25.0 Å². The number of hydrogen-bond acceptors (Lipinski definition) is 4. The standard InChI is InChI=1S/C17H18N2O3/c1-10-6-7-14-13(8-10)17(22)19(11(2)18-14)15-5-3-4-12(20)9-16(15)21/h6-8,15H,3-5,9H2,1-2H3/t15-/m0/s1/i15D. The molecule has 114 valence electrons. The zero-order chi connectivity index (χ0) is 16.8. The summed E-state index contributed by atoms with van der Waals surface area (Å²) < 4.78 is 9.79. The summed E-state index contributed by atoms with van der Waals surface area (Å²) in [5.41, 5.74) is 1.07. The molecule has 22 heavy (non-hydrogen) atoms. The van der Waals surface area contributed by atoms with Gasteiger partial charge in [0.05, 0.1) is 24.7 Å². The predicted octanol–water partition coefficient (Wildman–Crippen LogP) is 2.27. The van der Waals surface area contributed by atoms with Gasteiger partial charge in [-0.3, -0.25) is 19.0 Å². The van der Waals surface area contributed by atoms with Gasteiger partial charge in [-0.2, -0.15) is 0 Å². The molecule has 0 unspecified atom stereocenters. The molecule has 1 saturated carbocycles. The second-order valence-electron chi connectivity index (χ2n) is 5.76. The van der Waals surface area contributed by atoms with Crippen molar-refractivity contribution in [1.29, 1.82) is 0 Å². The van der Waals surface area contributed by atoms with E-state index in [0.29, 0.717) is 23.1 Å². The Labute approximate surface area is 129 Å². The fraction of sp³-hybridized carbons (Fsp3) is 0.412. The average molecular weight is 299 g/mol. The van der Waals surface area contributed by atoms with Crippen molar-refractivity contribution in [2.75, 3.05) is 0 Å². The Bertz CT molecular complexity index is 887. The highest BCUT2D eigenvalue weighted by molar-refractivity contribution is 6.01. The van der Waals surface area contributed by atoms with E-state index in [1.54, 1.807) is 19.1 Å². The van der Waals surface area contributed by atoms with Crippen LogP contribution in [0.3, 0.4) is 0 Å². The molecule has 0 N–H and O–H groups in total. The van der Waals surface area contributed by atoms with Gasteiger partial charge in [-0.15, -0.1) is 0 Å². The summed E-state index contributed by atoms with van der Waals surface area (Å²) in [6, 6.07) is 3.59. The van der Waals surface area contributed by atoms with Crippen LogP contribution in [0.25, 0.3) is 10.9 Å². The van der Waals surface area contributed by atoms with Crippen LogP contribution in [-0.2, 0) is 9.59 Å². The number of carbonyl (C=O) groups excluding carboxylic acids is 2. The molecule has 0 aliphatic heterocycles. The van der Waals surface area contributed by atoms with Crippen LogP contribution in [0.2, 0.25) is 0 Å². The maximum absolute atomic E-state index is 12.9. The minimum Gasteiger partial charge on any atom is -0.299 e. The lowest BCUT2D eigenvalue weighted by molar-refractivity contribution is -0.127. The van der Waals surface area contributed by atoms with E-state index in [9.17, 15) is 14.4 Å². The Morgan fingerprint density at radius 1 is 1.27 bits per heavy atom. The van der Waals surface area contributed by atoms with E-state index in [2.05, 4.69) is 4.98 Å². The van der Waals surface area contributed by atoms with Crippen LogP contribution < -0.4 is 5.56 Å². The Morgan fingerprint density at radius 3 is 2.82 bits per heavy atom. The fourth-order valence-corrected chi connectivity index (χ4v) is 2.93. The number of Topliss-reactive ketones (excluding diaryl/α,β-unsaturated/α-hetero) is 2. The number of ketones is 2. The second-order valence-corrected chi connectivity index (χ2v) is 5.76. The largest absolute Gasteiger partial charge is 0.299 e. The maximum atomic E-state index is 12.9. The topological polar surface area (TPSA) is 69.0 Å². The number of aryl methyl sites for hydroxylation is 2. The third-order valence-electron chi connectivity index (χ3n) is 4.01. The van der Waals surface area contributed by atoms with Crippen molar-refractivity contribution >= 4 is 22.5 Å². The number of aromatic nitrogens is 2. The highest BCUT2D eigenvalue weighted by atomic mass is 16.2. The van der Waals surface area contributed by atoms with Crippen LogP contribution in [-0.4, -0.2) is 21.1 Å². The molecule has 1 aliphatic rings. The Morgan fingerprint density at radius 2 is 2.05 bits per heavy atom. The lowest BCUT2D eigenvalue weighted by Crippen LogP contribution is -2.32. The zero-order valence-electron chi connectivity index (χ0n) is 13.7. The molecule has 0 saturated heterocycles. The van der Waals surface area contributed by atoms with Crippen molar-refractivity contribution in [3.8, 4) is 0 Å². The minimum atomic E-state index is -1.75. The lowest BCUT2D eigenvalue weighted by Gasteiger charge is -2.19. The molecule has 1 aliphatic carbocycles. The van der Waals surface area contributed by atoms with Gasteiger partial charge in [0.2, 0.25) is 0 Å². The van der Waals surface area contributed by atoms with Crippen molar-refractivity contribution in [3.63, 3.8) is 0 Å². The molecule has 1 heterocycles. The zero-order valence-corrected chi connectivity index (χ0v) is 12.7. The number of benzene rings is 1. The fourth-order valence-electron chi connectivity index (χ4n) is 2.93. The molecule has 0 spiro atoms. The quantitative estimate of drug-likeness (QED) is 0.598. The summed E-state index contributed by atoms with van der Waals surface area (Å²) in [5.74, 6) is -0.373. The van der Waals surface area contributed by atoms with Crippen LogP contribution in [0, 0.1) is 13.8 Å². The Kier molecular flexibility index (Phi) is 3.33. The SMILES string of the molecule is [2H][C@]1(n2c(C)nc3ccc(C)cc3c2=O)CCCC(=O)CC1=O. The van der Waals surface area contributed by atoms with Crippen molar-refractivity contribution < 1.29 is 11.0 Å². The van der Waals surface area contributed by atoms with Crippen molar-refractivity contribution in [2.24, 2.45) is 0 Å². The molecule has 1 fully saturated rings. The third-order valence-corrected chi connectivity index (χ3v) is 4.01. The first-order valence-corrected chi connectivity index (χ1v) is 7.38. The van der Waals surface area contributed by atoms with Crippen molar-refractivity contribution in [3.05, 3.63) is 39.9 Å². The lowest BCUT2D eigenvalue weighted by atomic mass is 10.1. The van der Waals surface area contributed by atoms with E-state index < -0.39 is 17.4 Å². The molecule has 3 rings (SSSR count). The first kappa shape index (κ1) is 13.4. The normalized spacial score (nSPS) is 23.5. The van der Waals surface area contributed by atoms with Crippen LogP contribution in [0.4, 0.5) is 0 Å². The van der Waals surface area contributed by atoms with E-state index >= 15 is 0 Å². The molecule has 1 aromatic heterocycles. The molecular weight excluding hydrogens is 280 g/mol. The predicted molar refractivity (Wildman–Crippen MR) is 83.0 cm³/mol. The van der Waals surface area contributed by atoms with Gasteiger partial charge in [-0.05, 0) is 38.8 Å². The smallest absolute Gasteiger partial charge is 0.262 e. The van der Waals surface area contributed by atoms with Crippen LogP contribution in [0.1, 0.15) is 44.5 Å². The van der Waals surface area contributed by atoms with Gasteiger partial charge in [0.15, 0.2) is 5.78 Å². The number of hydrogen-bond donors (Lipinski definition) is 0. The molecule has 0 amide bonds. The van der Waals surface area contributed by atoms with Gasteiger partial charge >= 0.3 is 0 Å². The van der Waals surface area contributed by atoms with E-state index in [4.69, 9.17) is 1.37 Å². The Hall–Kier alpha value is -2.30. The number of carbonyl (C=O) groups is 2. The summed E-state index contributed by atoms with van der Waals surface area (Å²) >= 11 is 0. The molecule has 1 aromatic carbocycles. The van der Waals surface area contributed by atoms with Gasteiger partial charge in [-0.25, -0.2) is 4.98 Å². The van der Waals surface area contributed by atoms with Crippen LogP contribution >= 0.6 is 0 Å². The summed E-state index contributed by atoms with van der Waals surface area (Å²) in [4.78, 5) is 41.4.